The number of carbonyl (C=O) groups is 1. The van der Waals surface area contributed by atoms with Gasteiger partial charge in [-0.1, -0.05) is 28.8 Å². The third-order valence-corrected chi connectivity index (χ3v) is 4.10. The molecule has 1 aliphatic carbocycles. The summed E-state index contributed by atoms with van der Waals surface area (Å²) in [5.41, 5.74) is 7.01. The molecule has 1 aliphatic rings. The maximum absolute atomic E-state index is 11.8. The van der Waals surface area contributed by atoms with Crippen LogP contribution < -0.4 is 16.4 Å². The van der Waals surface area contributed by atoms with Gasteiger partial charge >= 0.3 is 6.03 Å². The van der Waals surface area contributed by atoms with Crippen LogP contribution in [0, 0.1) is 0 Å². The van der Waals surface area contributed by atoms with Crippen LogP contribution in [0.4, 0.5) is 16.2 Å². The van der Waals surface area contributed by atoms with E-state index in [9.17, 15) is 4.79 Å². The van der Waals surface area contributed by atoms with Gasteiger partial charge in [-0.05, 0) is 40.9 Å². The Morgan fingerprint density at radius 2 is 1.94 bits per heavy atom. The number of carbonyl (C=O) groups excluding carboxylic acids is 1. The van der Waals surface area contributed by atoms with E-state index < -0.39 is 0 Å². The van der Waals surface area contributed by atoms with Crippen LogP contribution in [0.15, 0.2) is 21.1 Å². The molecule has 6 heteroatoms. The van der Waals surface area contributed by atoms with E-state index in [1.165, 1.54) is 12.8 Å². The lowest BCUT2D eigenvalue weighted by atomic mass is 10.2. The number of amides is 2. The van der Waals surface area contributed by atoms with Crippen LogP contribution >= 0.6 is 31.9 Å². The molecule has 1 aromatic rings. The minimum Gasteiger partial charge on any atom is -0.397 e. The van der Waals surface area contributed by atoms with Crippen molar-refractivity contribution in [3.05, 3.63) is 21.1 Å². The Bertz CT molecular complexity index is 436. The van der Waals surface area contributed by atoms with Crippen molar-refractivity contribution in [1.82, 2.24) is 5.32 Å². The van der Waals surface area contributed by atoms with E-state index in [1.807, 2.05) is 6.07 Å². The first-order chi connectivity index (χ1) is 8.56. The van der Waals surface area contributed by atoms with E-state index >= 15 is 0 Å². The van der Waals surface area contributed by atoms with Gasteiger partial charge in [0.1, 0.15) is 0 Å². The summed E-state index contributed by atoms with van der Waals surface area (Å²) in [5.74, 6) is 0. The predicted octanol–water partition coefficient (Wildman–Crippen LogP) is 3.86. The minimum atomic E-state index is -0.198. The summed E-state index contributed by atoms with van der Waals surface area (Å²) in [6, 6.07) is 3.70. The summed E-state index contributed by atoms with van der Waals surface area (Å²) >= 11 is 6.73. The van der Waals surface area contributed by atoms with Gasteiger partial charge in [0.25, 0.3) is 0 Å². The zero-order valence-corrected chi connectivity index (χ0v) is 13.0. The van der Waals surface area contributed by atoms with Crippen molar-refractivity contribution < 1.29 is 4.79 Å². The van der Waals surface area contributed by atoms with E-state index in [2.05, 4.69) is 42.5 Å². The zero-order chi connectivity index (χ0) is 13.1. The molecule has 4 N–H and O–H groups in total. The number of nitrogens with one attached hydrogen (secondary N) is 2. The molecular weight excluding hydrogens is 362 g/mol. The number of nitrogens with two attached hydrogens (primary N) is 1. The Morgan fingerprint density at radius 3 is 2.56 bits per heavy atom. The van der Waals surface area contributed by atoms with Crippen molar-refractivity contribution in [2.45, 2.75) is 31.7 Å². The lowest BCUT2D eigenvalue weighted by molar-refractivity contribution is 0.248. The first-order valence-corrected chi connectivity index (χ1v) is 7.47. The molecule has 2 amide bonds. The van der Waals surface area contributed by atoms with E-state index in [0.717, 1.165) is 21.8 Å². The van der Waals surface area contributed by atoms with Crippen LogP contribution in [0.25, 0.3) is 0 Å². The molecule has 0 heterocycles. The number of rotatable bonds is 2. The topological polar surface area (TPSA) is 67.1 Å². The third kappa shape index (κ3) is 3.38. The minimum absolute atomic E-state index is 0.198. The third-order valence-electron chi connectivity index (χ3n) is 3.01. The molecule has 0 radical (unpaired) electrons. The number of benzene rings is 1. The molecule has 0 atom stereocenters. The van der Waals surface area contributed by atoms with Gasteiger partial charge in [-0.25, -0.2) is 4.79 Å². The predicted molar refractivity (Wildman–Crippen MR) is 80.7 cm³/mol. The van der Waals surface area contributed by atoms with Crippen LogP contribution in [0.3, 0.4) is 0 Å². The maximum atomic E-state index is 11.8. The number of urea groups is 1. The fourth-order valence-electron chi connectivity index (χ4n) is 2.13. The molecule has 0 bridgehead atoms. The van der Waals surface area contributed by atoms with Gasteiger partial charge < -0.3 is 16.4 Å². The first kappa shape index (κ1) is 13.7. The second-order valence-corrected chi connectivity index (χ2v) is 6.20. The quantitative estimate of drug-likeness (QED) is 0.686. The molecule has 0 unspecified atom stereocenters. The van der Waals surface area contributed by atoms with Gasteiger partial charge in [-0.2, -0.15) is 0 Å². The largest absolute Gasteiger partial charge is 0.397 e. The van der Waals surface area contributed by atoms with Crippen LogP contribution in [-0.2, 0) is 0 Å². The summed E-state index contributed by atoms with van der Waals surface area (Å²) in [7, 11) is 0. The van der Waals surface area contributed by atoms with Crippen molar-refractivity contribution in [2.75, 3.05) is 11.1 Å². The Balaban J connectivity index is 2.02. The first-order valence-electron chi connectivity index (χ1n) is 5.88. The molecular formula is C12H15Br2N3O. The number of nitrogen functional groups attached to an aromatic ring is 1. The number of halogens is 2. The number of anilines is 2. The molecule has 0 saturated heterocycles. The molecule has 2 rings (SSSR count). The molecule has 1 fully saturated rings. The van der Waals surface area contributed by atoms with Crippen LogP contribution in [0.2, 0.25) is 0 Å². The molecule has 0 aliphatic heterocycles. The van der Waals surface area contributed by atoms with Crippen LogP contribution in [0.5, 0.6) is 0 Å². The molecule has 18 heavy (non-hydrogen) atoms. The second-order valence-electron chi connectivity index (χ2n) is 4.43. The van der Waals surface area contributed by atoms with Crippen molar-refractivity contribution in [2.24, 2.45) is 0 Å². The summed E-state index contributed by atoms with van der Waals surface area (Å²) < 4.78 is 1.63. The average Bonchev–Trinajstić information content (AvgIpc) is 2.76. The van der Waals surface area contributed by atoms with E-state index in [1.54, 1.807) is 6.07 Å². The van der Waals surface area contributed by atoms with Gasteiger partial charge in [0.15, 0.2) is 0 Å². The van der Waals surface area contributed by atoms with Crippen molar-refractivity contribution in [3.63, 3.8) is 0 Å². The van der Waals surface area contributed by atoms with Crippen molar-refractivity contribution in [3.8, 4) is 0 Å². The van der Waals surface area contributed by atoms with E-state index in [0.29, 0.717) is 17.4 Å². The Labute approximate surface area is 123 Å². The summed E-state index contributed by atoms with van der Waals surface area (Å²) in [6.07, 6.45) is 4.50. The van der Waals surface area contributed by atoms with Crippen LogP contribution in [-0.4, -0.2) is 12.1 Å². The highest BCUT2D eigenvalue weighted by Crippen LogP contribution is 2.32. The molecule has 0 spiro atoms. The number of hydrogen-bond acceptors (Lipinski definition) is 2. The monoisotopic (exact) mass is 375 g/mol. The second kappa shape index (κ2) is 5.93. The Morgan fingerprint density at radius 1 is 1.28 bits per heavy atom. The lowest BCUT2D eigenvalue weighted by Crippen LogP contribution is -2.36. The Kier molecular flexibility index (Phi) is 4.50. The van der Waals surface area contributed by atoms with Gasteiger partial charge in [-0.15, -0.1) is 0 Å². The van der Waals surface area contributed by atoms with Gasteiger partial charge in [-0.3, -0.25) is 0 Å². The maximum Gasteiger partial charge on any atom is 0.319 e. The molecule has 1 aromatic carbocycles. The van der Waals surface area contributed by atoms with Gasteiger partial charge in [0.05, 0.1) is 11.4 Å². The zero-order valence-electron chi connectivity index (χ0n) is 9.80. The molecule has 0 aromatic heterocycles. The van der Waals surface area contributed by atoms with Gasteiger partial charge in [0, 0.05) is 15.0 Å². The lowest BCUT2D eigenvalue weighted by Gasteiger charge is -2.15. The SMILES string of the molecule is Nc1cc(Br)cc(Br)c1NC(=O)NC1CCCC1. The van der Waals surface area contributed by atoms with Crippen molar-refractivity contribution in [1.29, 1.82) is 0 Å². The highest BCUT2D eigenvalue weighted by molar-refractivity contribution is 9.11. The van der Waals surface area contributed by atoms with E-state index in [-0.39, 0.29) is 6.03 Å². The normalized spacial score (nSPS) is 15.7. The van der Waals surface area contributed by atoms with Crippen molar-refractivity contribution >= 4 is 49.3 Å². The summed E-state index contributed by atoms with van der Waals surface area (Å²) in [6.45, 7) is 0. The average molecular weight is 377 g/mol. The number of hydrogen-bond donors (Lipinski definition) is 3. The summed E-state index contributed by atoms with van der Waals surface area (Å²) in [5, 5.41) is 5.75. The van der Waals surface area contributed by atoms with Gasteiger partial charge in [0.2, 0.25) is 0 Å². The van der Waals surface area contributed by atoms with E-state index in [4.69, 9.17) is 5.73 Å². The highest BCUT2D eigenvalue weighted by atomic mass is 79.9. The smallest absolute Gasteiger partial charge is 0.319 e. The molecule has 4 nitrogen and oxygen atoms in total. The van der Waals surface area contributed by atoms with Crippen LogP contribution in [0.1, 0.15) is 25.7 Å². The molecule has 1 saturated carbocycles. The fraction of sp³-hybridized carbons (Fsp3) is 0.417. The fourth-order valence-corrected chi connectivity index (χ4v) is 3.49. The standard InChI is InChI=1S/C12H15Br2N3O/c13-7-5-9(14)11(10(15)6-7)17-12(18)16-8-3-1-2-4-8/h5-6,8H,1-4,15H2,(H2,16,17,18). The Hall–Kier alpha value is -0.750. The summed E-state index contributed by atoms with van der Waals surface area (Å²) in [4.78, 5) is 11.8. The highest BCUT2D eigenvalue weighted by Gasteiger charge is 2.18. The molecule has 98 valence electrons.